The Hall–Kier alpha value is 0.110. The molecular formula is C13H27NOS. The molecule has 0 aliphatic carbocycles. The molecule has 1 aliphatic rings. The Bertz CT molecular complexity index is 240. The molecule has 1 N–H and O–H groups in total. The molecule has 3 heteroatoms. The minimum Gasteiger partial charge on any atom is -0.313 e. The topological polar surface area (TPSA) is 29.1 Å². The average Bonchev–Trinajstić information content (AvgIpc) is 2.26. The molecule has 1 saturated heterocycles. The lowest BCUT2D eigenvalue weighted by Gasteiger charge is -2.30. The monoisotopic (exact) mass is 245 g/mol. The Kier molecular flexibility index (Phi) is 5.45. The minimum atomic E-state index is -0.679. The molecule has 1 fully saturated rings. The summed E-state index contributed by atoms with van der Waals surface area (Å²) in [5.41, 5.74) is 0. The molecule has 0 spiro atoms. The first-order valence-electron chi connectivity index (χ1n) is 6.56. The van der Waals surface area contributed by atoms with Crippen molar-refractivity contribution in [3.8, 4) is 0 Å². The van der Waals surface area contributed by atoms with E-state index in [0.717, 1.165) is 19.4 Å². The van der Waals surface area contributed by atoms with Crippen molar-refractivity contribution in [3.63, 3.8) is 0 Å². The highest BCUT2D eigenvalue weighted by Gasteiger charge is 2.34. The molecule has 0 aromatic heterocycles. The van der Waals surface area contributed by atoms with Gasteiger partial charge in [0.2, 0.25) is 0 Å². The minimum absolute atomic E-state index is 0.319. The van der Waals surface area contributed by atoms with Gasteiger partial charge in [-0.3, -0.25) is 4.21 Å². The molecule has 0 aromatic rings. The molecule has 1 aliphatic heterocycles. The van der Waals surface area contributed by atoms with Crippen LogP contribution >= 0.6 is 0 Å². The molecular weight excluding hydrogens is 218 g/mol. The lowest BCUT2D eigenvalue weighted by molar-refractivity contribution is 0.372. The molecule has 4 unspecified atom stereocenters. The van der Waals surface area contributed by atoms with Crippen LogP contribution in [0, 0.1) is 11.8 Å². The summed E-state index contributed by atoms with van der Waals surface area (Å²) in [6.45, 7) is 12.1. The Morgan fingerprint density at radius 2 is 1.94 bits per heavy atom. The summed E-state index contributed by atoms with van der Waals surface area (Å²) in [6.07, 6.45) is 2.19. The van der Waals surface area contributed by atoms with Gasteiger partial charge >= 0.3 is 0 Å². The molecule has 1 rings (SSSR count). The van der Waals surface area contributed by atoms with Crippen LogP contribution in [0.2, 0.25) is 0 Å². The fourth-order valence-electron chi connectivity index (χ4n) is 2.59. The van der Waals surface area contributed by atoms with Gasteiger partial charge in [-0.1, -0.05) is 34.6 Å². The summed E-state index contributed by atoms with van der Waals surface area (Å²) in [5, 5.41) is 4.28. The van der Waals surface area contributed by atoms with E-state index in [-0.39, 0.29) is 0 Å². The first-order chi connectivity index (χ1) is 7.43. The molecule has 0 saturated carbocycles. The van der Waals surface area contributed by atoms with E-state index >= 15 is 0 Å². The molecule has 4 atom stereocenters. The molecule has 2 nitrogen and oxygen atoms in total. The third-order valence-corrected chi connectivity index (χ3v) is 5.84. The van der Waals surface area contributed by atoms with Crippen molar-refractivity contribution in [1.29, 1.82) is 0 Å². The van der Waals surface area contributed by atoms with Crippen LogP contribution in [0.5, 0.6) is 0 Å². The van der Waals surface area contributed by atoms with Gasteiger partial charge < -0.3 is 5.32 Å². The largest absolute Gasteiger partial charge is 0.313 e. The van der Waals surface area contributed by atoms with Crippen LogP contribution in [-0.2, 0) is 10.8 Å². The summed E-state index contributed by atoms with van der Waals surface area (Å²) >= 11 is 0. The van der Waals surface area contributed by atoms with Crippen LogP contribution in [0.3, 0.4) is 0 Å². The lowest BCUT2D eigenvalue weighted by atomic mass is 9.95. The predicted molar refractivity (Wildman–Crippen MR) is 72.1 cm³/mol. The molecule has 16 heavy (non-hydrogen) atoms. The summed E-state index contributed by atoms with van der Waals surface area (Å²) < 4.78 is 12.4. The van der Waals surface area contributed by atoms with Crippen LogP contribution in [0.1, 0.15) is 47.5 Å². The van der Waals surface area contributed by atoms with Crippen molar-refractivity contribution in [2.24, 2.45) is 11.8 Å². The Labute approximate surface area is 103 Å². The van der Waals surface area contributed by atoms with Crippen LogP contribution in [0.25, 0.3) is 0 Å². The second kappa shape index (κ2) is 6.15. The van der Waals surface area contributed by atoms with Gasteiger partial charge in [0.05, 0.1) is 5.25 Å². The van der Waals surface area contributed by atoms with E-state index < -0.39 is 10.8 Å². The van der Waals surface area contributed by atoms with Crippen LogP contribution in [0.15, 0.2) is 0 Å². The van der Waals surface area contributed by atoms with Gasteiger partial charge in [0, 0.05) is 22.1 Å². The van der Waals surface area contributed by atoms with Crippen molar-refractivity contribution >= 4 is 10.8 Å². The fraction of sp³-hybridized carbons (Fsp3) is 1.00. The molecule has 1 heterocycles. The number of nitrogens with one attached hydrogen (secondary N) is 1. The van der Waals surface area contributed by atoms with E-state index in [1.807, 2.05) is 0 Å². The maximum absolute atomic E-state index is 12.4. The van der Waals surface area contributed by atoms with Gasteiger partial charge in [-0.2, -0.15) is 0 Å². The van der Waals surface area contributed by atoms with Crippen molar-refractivity contribution < 1.29 is 4.21 Å². The van der Waals surface area contributed by atoms with Crippen molar-refractivity contribution in [3.05, 3.63) is 0 Å². The zero-order valence-corrected chi connectivity index (χ0v) is 12.1. The SMILES string of the molecule is CC(C)CC1NCCC(C)S(=O)C1C(C)C. The highest BCUT2D eigenvalue weighted by Crippen LogP contribution is 2.25. The van der Waals surface area contributed by atoms with E-state index in [9.17, 15) is 4.21 Å². The number of hydrogen-bond donors (Lipinski definition) is 1. The number of hydrogen-bond acceptors (Lipinski definition) is 2. The van der Waals surface area contributed by atoms with Gasteiger partial charge in [0.15, 0.2) is 0 Å². The van der Waals surface area contributed by atoms with Gasteiger partial charge in [-0.25, -0.2) is 0 Å². The highest BCUT2D eigenvalue weighted by molar-refractivity contribution is 7.86. The Balaban J connectivity index is 2.82. The quantitative estimate of drug-likeness (QED) is 0.828. The van der Waals surface area contributed by atoms with Crippen molar-refractivity contribution in [1.82, 2.24) is 5.32 Å². The predicted octanol–water partition coefficient (Wildman–Crippen LogP) is 2.56. The first kappa shape index (κ1) is 14.2. The summed E-state index contributed by atoms with van der Waals surface area (Å²) in [5.74, 6) is 1.17. The second-order valence-electron chi connectivity index (χ2n) is 5.83. The van der Waals surface area contributed by atoms with Crippen molar-refractivity contribution in [2.45, 2.75) is 64.0 Å². The van der Waals surface area contributed by atoms with Gasteiger partial charge in [0.1, 0.15) is 0 Å². The van der Waals surface area contributed by atoms with Gasteiger partial charge in [-0.15, -0.1) is 0 Å². The molecule has 0 radical (unpaired) electrons. The summed E-state index contributed by atoms with van der Waals surface area (Å²) in [6, 6.07) is 0.436. The third kappa shape index (κ3) is 3.56. The maximum Gasteiger partial charge on any atom is 0.0526 e. The van der Waals surface area contributed by atoms with E-state index in [0.29, 0.717) is 28.4 Å². The molecule has 0 bridgehead atoms. The summed E-state index contributed by atoms with van der Waals surface area (Å²) in [7, 11) is -0.679. The number of rotatable bonds is 3. The highest BCUT2D eigenvalue weighted by atomic mass is 32.2. The van der Waals surface area contributed by atoms with Gasteiger partial charge in [-0.05, 0) is 31.2 Å². The molecule has 0 aromatic carbocycles. The van der Waals surface area contributed by atoms with Crippen molar-refractivity contribution in [2.75, 3.05) is 6.54 Å². The normalized spacial score (nSPS) is 36.7. The van der Waals surface area contributed by atoms with Crippen LogP contribution in [0.4, 0.5) is 0 Å². The molecule has 0 amide bonds. The smallest absolute Gasteiger partial charge is 0.0526 e. The third-order valence-electron chi connectivity index (χ3n) is 3.40. The van der Waals surface area contributed by atoms with E-state index in [1.54, 1.807) is 0 Å². The zero-order chi connectivity index (χ0) is 12.3. The van der Waals surface area contributed by atoms with Gasteiger partial charge in [0.25, 0.3) is 0 Å². The second-order valence-corrected chi connectivity index (χ2v) is 7.83. The average molecular weight is 245 g/mol. The maximum atomic E-state index is 12.4. The fourth-order valence-corrected chi connectivity index (χ4v) is 4.55. The first-order valence-corrected chi connectivity index (χ1v) is 7.83. The van der Waals surface area contributed by atoms with E-state index in [1.165, 1.54) is 0 Å². The lowest BCUT2D eigenvalue weighted by Crippen LogP contribution is -2.44. The van der Waals surface area contributed by atoms with E-state index in [2.05, 4.69) is 39.9 Å². The van der Waals surface area contributed by atoms with Crippen LogP contribution in [-0.4, -0.2) is 27.3 Å². The van der Waals surface area contributed by atoms with Crippen LogP contribution < -0.4 is 5.32 Å². The zero-order valence-electron chi connectivity index (χ0n) is 11.3. The summed E-state index contributed by atoms with van der Waals surface area (Å²) in [4.78, 5) is 0. The standard InChI is InChI=1S/C13H27NOS/c1-9(2)8-12-13(10(3)4)16(15)11(5)6-7-14-12/h9-14H,6-8H2,1-5H3. The van der Waals surface area contributed by atoms with E-state index in [4.69, 9.17) is 0 Å². The Morgan fingerprint density at radius 1 is 1.31 bits per heavy atom. The Morgan fingerprint density at radius 3 is 2.44 bits per heavy atom. The molecule has 96 valence electrons.